The van der Waals surface area contributed by atoms with Crippen LogP contribution in [0.1, 0.15) is 25.3 Å². The van der Waals surface area contributed by atoms with Crippen LogP contribution in [0.4, 0.5) is 0 Å². The molecule has 2 nitrogen and oxygen atoms in total. The van der Waals surface area contributed by atoms with Gasteiger partial charge >= 0.3 is 0 Å². The van der Waals surface area contributed by atoms with Crippen molar-refractivity contribution in [1.29, 1.82) is 0 Å². The van der Waals surface area contributed by atoms with Gasteiger partial charge in [0.25, 0.3) is 0 Å². The number of aromatic hydroxyl groups is 1. The van der Waals surface area contributed by atoms with E-state index in [0.717, 1.165) is 16.6 Å². The van der Waals surface area contributed by atoms with Crippen molar-refractivity contribution in [3.8, 4) is 5.75 Å². The molecule has 0 aliphatic carbocycles. The Morgan fingerprint density at radius 2 is 2.29 bits per heavy atom. The highest BCUT2D eigenvalue weighted by atomic mass is 32.1. The zero-order valence-corrected chi connectivity index (χ0v) is 8.97. The molecule has 14 heavy (non-hydrogen) atoms. The first kappa shape index (κ1) is 9.46. The number of phenolic OH excluding ortho intramolecular Hbond substituents is 1. The van der Waals surface area contributed by atoms with E-state index in [0.29, 0.717) is 5.75 Å². The van der Waals surface area contributed by atoms with Gasteiger partial charge in [0.15, 0.2) is 0 Å². The van der Waals surface area contributed by atoms with Crippen LogP contribution in [0.15, 0.2) is 17.6 Å². The molecule has 1 N–H and O–H groups in total. The standard InChI is InChI=1S/C11H13NOS/c1-2-3-4-8-5-6-9(13)10-11(8)14-7-12-10/h5-7,13H,2-4H2,1H3. The highest BCUT2D eigenvalue weighted by Crippen LogP contribution is 2.30. The molecule has 0 aliphatic heterocycles. The number of phenols is 1. The number of hydrogen-bond acceptors (Lipinski definition) is 3. The highest BCUT2D eigenvalue weighted by molar-refractivity contribution is 7.17. The minimum Gasteiger partial charge on any atom is -0.506 e. The molecule has 0 unspecified atom stereocenters. The monoisotopic (exact) mass is 207 g/mol. The summed E-state index contributed by atoms with van der Waals surface area (Å²) in [5.41, 5.74) is 3.85. The average Bonchev–Trinajstić information content (AvgIpc) is 2.66. The normalized spacial score (nSPS) is 10.9. The Balaban J connectivity index is 2.45. The first-order valence-electron chi connectivity index (χ1n) is 4.87. The zero-order valence-electron chi connectivity index (χ0n) is 8.16. The number of fused-ring (bicyclic) bond motifs is 1. The quantitative estimate of drug-likeness (QED) is 0.837. The summed E-state index contributed by atoms with van der Waals surface area (Å²) < 4.78 is 1.14. The number of nitrogens with zero attached hydrogens (tertiary/aromatic N) is 1. The van der Waals surface area contributed by atoms with Gasteiger partial charge in [-0.1, -0.05) is 19.4 Å². The predicted molar refractivity (Wildman–Crippen MR) is 59.9 cm³/mol. The molecule has 1 heterocycles. The van der Waals surface area contributed by atoms with Crippen molar-refractivity contribution < 1.29 is 5.11 Å². The maximum Gasteiger partial charge on any atom is 0.142 e. The van der Waals surface area contributed by atoms with Crippen LogP contribution < -0.4 is 0 Å². The van der Waals surface area contributed by atoms with E-state index in [1.807, 2.05) is 6.07 Å². The molecule has 1 aromatic carbocycles. The third-order valence-corrected chi connectivity index (χ3v) is 3.25. The van der Waals surface area contributed by atoms with E-state index in [1.54, 1.807) is 22.9 Å². The molecule has 0 spiro atoms. The number of unbranched alkanes of at least 4 members (excludes halogenated alkanes) is 1. The summed E-state index contributed by atoms with van der Waals surface area (Å²) in [7, 11) is 0. The average molecular weight is 207 g/mol. The van der Waals surface area contributed by atoms with Crippen LogP contribution in [0.5, 0.6) is 5.75 Å². The molecule has 0 radical (unpaired) electrons. The molecule has 74 valence electrons. The molecular weight excluding hydrogens is 194 g/mol. The van der Waals surface area contributed by atoms with Crippen molar-refractivity contribution in [3.05, 3.63) is 23.2 Å². The number of rotatable bonds is 3. The third kappa shape index (κ3) is 1.60. The smallest absolute Gasteiger partial charge is 0.142 e. The van der Waals surface area contributed by atoms with E-state index in [2.05, 4.69) is 11.9 Å². The topological polar surface area (TPSA) is 33.1 Å². The lowest BCUT2D eigenvalue weighted by molar-refractivity contribution is 0.480. The molecule has 0 atom stereocenters. The molecule has 1 aromatic heterocycles. The van der Waals surface area contributed by atoms with E-state index < -0.39 is 0 Å². The molecule has 0 aliphatic rings. The summed E-state index contributed by atoms with van der Waals surface area (Å²) >= 11 is 1.61. The minimum atomic E-state index is 0.293. The van der Waals surface area contributed by atoms with Crippen LogP contribution in [-0.4, -0.2) is 10.1 Å². The Morgan fingerprint density at radius 1 is 1.43 bits per heavy atom. The van der Waals surface area contributed by atoms with Crippen LogP contribution >= 0.6 is 11.3 Å². The second-order valence-corrected chi connectivity index (χ2v) is 4.23. The third-order valence-electron chi connectivity index (χ3n) is 2.34. The van der Waals surface area contributed by atoms with Crippen LogP contribution in [0.3, 0.4) is 0 Å². The Bertz CT molecular complexity index is 436. The summed E-state index contributed by atoms with van der Waals surface area (Å²) in [6.07, 6.45) is 3.47. The van der Waals surface area contributed by atoms with Crippen LogP contribution in [0, 0.1) is 0 Å². The maximum absolute atomic E-state index is 9.55. The maximum atomic E-state index is 9.55. The molecule has 0 amide bonds. The number of thiazole rings is 1. The number of benzene rings is 1. The SMILES string of the molecule is CCCCc1ccc(O)c2ncsc12. The van der Waals surface area contributed by atoms with Crippen molar-refractivity contribution in [2.45, 2.75) is 26.2 Å². The number of aryl methyl sites for hydroxylation is 1. The minimum absolute atomic E-state index is 0.293. The number of hydrogen-bond donors (Lipinski definition) is 1. The van der Waals surface area contributed by atoms with Crippen molar-refractivity contribution in [2.75, 3.05) is 0 Å². The Labute approximate surface area is 87.2 Å². The van der Waals surface area contributed by atoms with Crippen LogP contribution in [-0.2, 0) is 6.42 Å². The van der Waals surface area contributed by atoms with Gasteiger partial charge < -0.3 is 5.11 Å². The fraction of sp³-hybridized carbons (Fsp3) is 0.364. The fourth-order valence-electron chi connectivity index (χ4n) is 1.55. The lowest BCUT2D eigenvalue weighted by atomic mass is 10.1. The van der Waals surface area contributed by atoms with Crippen molar-refractivity contribution in [3.63, 3.8) is 0 Å². The lowest BCUT2D eigenvalue weighted by Crippen LogP contribution is -1.85. The first-order chi connectivity index (χ1) is 6.83. The van der Waals surface area contributed by atoms with Gasteiger partial charge in [-0.05, 0) is 24.5 Å². The van der Waals surface area contributed by atoms with Gasteiger partial charge in [-0.25, -0.2) is 4.98 Å². The Kier molecular flexibility index (Phi) is 2.68. The Hall–Kier alpha value is -1.09. The van der Waals surface area contributed by atoms with Gasteiger partial charge in [0, 0.05) is 0 Å². The summed E-state index contributed by atoms with van der Waals surface area (Å²) in [4.78, 5) is 4.16. The van der Waals surface area contributed by atoms with E-state index in [4.69, 9.17) is 0 Å². The molecule has 2 rings (SSSR count). The van der Waals surface area contributed by atoms with E-state index in [9.17, 15) is 5.11 Å². The summed E-state index contributed by atoms with van der Waals surface area (Å²) in [5.74, 6) is 0.293. The van der Waals surface area contributed by atoms with E-state index in [1.165, 1.54) is 18.4 Å². The summed E-state index contributed by atoms with van der Waals surface area (Å²) in [6, 6.07) is 3.75. The number of aromatic nitrogens is 1. The predicted octanol–water partition coefficient (Wildman–Crippen LogP) is 3.34. The van der Waals surface area contributed by atoms with Gasteiger partial charge in [-0.3, -0.25) is 0 Å². The van der Waals surface area contributed by atoms with Crippen LogP contribution in [0.2, 0.25) is 0 Å². The molecule has 2 aromatic rings. The molecule has 0 saturated carbocycles. The van der Waals surface area contributed by atoms with Crippen LogP contribution in [0.25, 0.3) is 10.2 Å². The Morgan fingerprint density at radius 3 is 3.07 bits per heavy atom. The fourth-order valence-corrected chi connectivity index (χ4v) is 2.41. The molecule has 0 fully saturated rings. The second kappa shape index (κ2) is 3.96. The van der Waals surface area contributed by atoms with E-state index >= 15 is 0 Å². The van der Waals surface area contributed by atoms with Crippen molar-refractivity contribution >= 4 is 21.6 Å². The lowest BCUT2D eigenvalue weighted by Gasteiger charge is -2.02. The van der Waals surface area contributed by atoms with Gasteiger partial charge in [0.05, 0.1) is 10.2 Å². The summed E-state index contributed by atoms with van der Waals surface area (Å²) in [6.45, 7) is 2.18. The molecule has 0 saturated heterocycles. The van der Waals surface area contributed by atoms with Gasteiger partial charge in [-0.2, -0.15) is 0 Å². The molecular formula is C11H13NOS. The van der Waals surface area contributed by atoms with Crippen molar-refractivity contribution in [1.82, 2.24) is 4.98 Å². The summed E-state index contributed by atoms with van der Waals surface area (Å²) in [5, 5.41) is 9.55. The molecule has 3 heteroatoms. The highest BCUT2D eigenvalue weighted by Gasteiger charge is 2.07. The van der Waals surface area contributed by atoms with Crippen molar-refractivity contribution in [2.24, 2.45) is 0 Å². The zero-order chi connectivity index (χ0) is 9.97. The largest absolute Gasteiger partial charge is 0.506 e. The molecule has 0 bridgehead atoms. The van der Waals surface area contributed by atoms with Gasteiger partial charge in [-0.15, -0.1) is 11.3 Å². The first-order valence-corrected chi connectivity index (χ1v) is 5.75. The second-order valence-electron chi connectivity index (χ2n) is 3.38. The van der Waals surface area contributed by atoms with E-state index in [-0.39, 0.29) is 0 Å². The van der Waals surface area contributed by atoms with Gasteiger partial charge in [0.2, 0.25) is 0 Å². The van der Waals surface area contributed by atoms with Gasteiger partial charge in [0.1, 0.15) is 11.3 Å².